The summed E-state index contributed by atoms with van der Waals surface area (Å²) in [6, 6.07) is 7.30. The van der Waals surface area contributed by atoms with Gasteiger partial charge in [0.15, 0.2) is 5.13 Å². The summed E-state index contributed by atoms with van der Waals surface area (Å²) >= 11 is 3.34. The number of nitrogens with zero attached hydrogens (tertiary/aromatic N) is 3. The molecule has 10 heteroatoms. The van der Waals surface area contributed by atoms with E-state index in [2.05, 4.69) is 41.4 Å². The number of thioether (sulfide) groups is 1. The number of aromatic nitrogens is 2. The number of nitro groups is 1. The lowest BCUT2D eigenvalue weighted by atomic mass is 9.91. The number of thiazole rings is 1. The normalized spacial score (nSPS) is 18.8. The van der Waals surface area contributed by atoms with Crippen molar-refractivity contribution in [2.45, 2.75) is 73.9 Å². The fraction of sp³-hybridized carbons (Fsp3) is 0.478. The van der Waals surface area contributed by atoms with Crippen LogP contribution in [0.3, 0.4) is 0 Å². The molecule has 1 saturated carbocycles. The van der Waals surface area contributed by atoms with E-state index in [9.17, 15) is 10.1 Å². The quantitative estimate of drug-likeness (QED) is 0.212. The first kappa shape index (κ1) is 23.6. The molecular formula is C23H29N5O3S2. The third kappa shape index (κ3) is 6.48. The van der Waals surface area contributed by atoms with E-state index < -0.39 is 0 Å². The van der Waals surface area contributed by atoms with E-state index in [0.717, 1.165) is 52.4 Å². The minimum atomic E-state index is -0.376. The molecule has 2 N–H and O–H groups in total. The van der Waals surface area contributed by atoms with Crippen molar-refractivity contribution in [2.24, 2.45) is 0 Å². The van der Waals surface area contributed by atoms with Gasteiger partial charge in [0.2, 0.25) is 5.89 Å². The fourth-order valence-electron chi connectivity index (χ4n) is 3.79. The summed E-state index contributed by atoms with van der Waals surface area (Å²) in [7, 11) is 0. The molecule has 176 valence electrons. The lowest BCUT2D eigenvalue weighted by molar-refractivity contribution is -0.384. The molecule has 0 radical (unpaired) electrons. The van der Waals surface area contributed by atoms with E-state index in [1.165, 1.54) is 12.1 Å². The van der Waals surface area contributed by atoms with Gasteiger partial charge in [-0.25, -0.2) is 9.97 Å². The second kappa shape index (κ2) is 10.1. The molecule has 1 aliphatic carbocycles. The fourth-order valence-corrected chi connectivity index (χ4v) is 5.59. The van der Waals surface area contributed by atoms with Crippen LogP contribution in [0.5, 0.6) is 0 Å². The standard InChI is InChI=1S/C23H29N5O3S2/c1-23(2,3)19-12-24-20(31-19)14-32-21-13-25-22(33-21)27-17-6-4-5-16(11-17)26-15-7-9-18(10-8-15)28(29)30/h7-10,12-13,16-17,26H,4-6,11,14H2,1-3H3,(H,25,27). The van der Waals surface area contributed by atoms with E-state index in [4.69, 9.17) is 4.42 Å². The number of anilines is 2. The maximum atomic E-state index is 10.8. The Morgan fingerprint density at radius 2 is 1.88 bits per heavy atom. The van der Waals surface area contributed by atoms with Crippen LogP contribution < -0.4 is 10.6 Å². The topological polar surface area (TPSA) is 106 Å². The predicted octanol–water partition coefficient (Wildman–Crippen LogP) is 6.46. The van der Waals surface area contributed by atoms with Crippen molar-refractivity contribution in [3.8, 4) is 0 Å². The van der Waals surface area contributed by atoms with Gasteiger partial charge in [-0.15, -0.1) is 11.8 Å². The molecule has 3 aromatic rings. The molecule has 0 saturated heterocycles. The molecule has 8 nitrogen and oxygen atoms in total. The van der Waals surface area contributed by atoms with E-state index in [1.807, 2.05) is 12.4 Å². The largest absolute Gasteiger partial charge is 0.444 e. The summed E-state index contributed by atoms with van der Waals surface area (Å²) in [5.74, 6) is 2.32. The Kier molecular flexibility index (Phi) is 7.23. The van der Waals surface area contributed by atoms with Crippen LogP contribution in [0, 0.1) is 10.1 Å². The summed E-state index contributed by atoms with van der Waals surface area (Å²) in [5, 5.41) is 18.9. The Morgan fingerprint density at radius 1 is 1.15 bits per heavy atom. The van der Waals surface area contributed by atoms with Crippen molar-refractivity contribution in [1.82, 2.24) is 9.97 Å². The molecule has 2 atom stereocenters. The zero-order valence-corrected chi connectivity index (χ0v) is 20.7. The third-order valence-corrected chi connectivity index (χ3v) is 7.67. The Balaban J connectivity index is 1.27. The van der Waals surface area contributed by atoms with Gasteiger partial charge >= 0.3 is 0 Å². The zero-order chi connectivity index (χ0) is 23.4. The van der Waals surface area contributed by atoms with Gasteiger partial charge in [-0.2, -0.15) is 0 Å². The number of benzene rings is 1. The van der Waals surface area contributed by atoms with Gasteiger partial charge in [0.05, 0.1) is 27.3 Å². The van der Waals surface area contributed by atoms with Crippen LogP contribution in [0.2, 0.25) is 0 Å². The molecule has 1 aromatic carbocycles. The lowest BCUT2D eigenvalue weighted by Gasteiger charge is -2.30. The van der Waals surface area contributed by atoms with Gasteiger partial charge in [-0.3, -0.25) is 10.1 Å². The second-order valence-corrected chi connectivity index (χ2v) is 11.6. The SMILES string of the molecule is CC(C)(C)c1cnc(CSc2cnc(NC3CCCC(Nc4ccc([N+](=O)[O-])cc4)C3)s2)o1. The highest BCUT2D eigenvalue weighted by Crippen LogP contribution is 2.33. The monoisotopic (exact) mass is 487 g/mol. The van der Waals surface area contributed by atoms with Crippen molar-refractivity contribution in [1.29, 1.82) is 0 Å². The van der Waals surface area contributed by atoms with E-state index >= 15 is 0 Å². The summed E-state index contributed by atoms with van der Waals surface area (Å²) in [6.07, 6.45) is 8.01. The van der Waals surface area contributed by atoms with Crippen molar-refractivity contribution in [3.63, 3.8) is 0 Å². The Labute approximate surface area is 201 Å². The minimum absolute atomic E-state index is 0.0390. The first-order valence-electron chi connectivity index (χ1n) is 11.1. The molecule has 0 aliphatic heterocycles. The van der Waals surface area contributed by atoms with E-state index in [1.54, 1.807) is 35.2 Å². The lowest BCUT2D eigenvalue weighted by Crippen LogP contribution is -2.34. The van der Waals surface area contributed by atoms with E-state index in [-0.39, 0.29) is 16.0 Å². The van der Waals surface area contributed by atoms with Crippen LogP contribution in [-0.4, -0.2) is 27.0 Å². The molecule has 1 aliphatic rings. The van der Waals surface area contributed by atoms with Gasteiger partial charge in [0.1, 0.15) is 5.76 Å². The van der Waals surface area contributed by atoms with Gasteiger partial charge in [-0.1, -0.05) is 32.1 Å². The van der Waals surface area contributed by atoms with Gasteiger partial charge in [-0.05, 0) is 37.8 Å². The van der Waals surface area contributed by atoms with Crippen LogP contribution in [0.25, 0.3) is 0 Å². The van der Waals surface area contributed by atoms with Gasteiger partial charge in [0, 0.05) is 35.3 Å². The number of non-ortho nitro benzene ring substituents is 1. The summed E-state index contributed by atoms with van der Waals surface area (Å²) in [4.78, 5) is 19.4. The molecule has 1 fully saturated rings. The average Bonchev–Trinajstić information content (AvgIpc) is 3.42. The number of hydrogen-bond donors (Lipinski definition) is 2. The van der Waals surface area contributed by atoms with Gasteiger partial charge in [0.25, 0.3) is 5.69 Å². The molecule has 2 unspecified atom stereocenters. The molecule has 4 rings (SSSR count). The van der Waals surface area contributed by atoms with Crippen molar-refractivity contribution < 1.29 is 9.34 Å². The van der Waals surface area contributed by atoms with Gasteiger partial charge < -0.3 is 15.1 Å². The first-order chi connectivity index (χ1) is 15.8. The number of oxazole rings is 1. The van der Waals surface area contributed by atoms with Crippen molar-refractivity contribution >= 4 is 39.6 Å². The van der Waals surface area contributed by atoms with Crippen molar-refractivity contribution in [2.75, 3.05) is 10.6 Å². The van der Waals surface area contributed by atoms with Crippen LogP contribution in [0.1, 0.15) is 58.1 Å². The number of nitrogens with one attached hydrogen (secondary N) is 2. The first-order valence-corrected chi connectivity index (χ1v) is 12.9. The smallest absolute Gasteiger partial charge is 0.269 e. The second-order valence-electron chi connectivity index (χ2n) is 9.29. The molecule has 2 aromatic heterocycles. The Hall–Kier alpha value is -2.59. The molecule has 0 bridgehead atoms. The molecule has 33 heavy (non-hydrogen) atoms. The van der Waals surface area contributed by atoms with Crippen molar-refractivity contribution in [3.05, 3.63) is 58.4 Å². The summed E-state index contributed by atoms with van der Waals surface area (Å²) in [5.41, 5.74) is 0.988. The highest BCUT2D eigenvalue weighted by Gasteiger charge is 2.23. The third-order valence-electron chi connectivity index (χ3n) is 5.57. The highest BCUT2D eigenvalue weighted by molar-refractivity contribution is 8.00. The van der Waals surface area contributed by atoms with Crippen LogP contribution in [0.4, 0.5) is 16.5 Å². The minimum Gasteiger partial charge on any atom is -0.444 e. The number of hydrogen-bond acceptors (Lipinski definition) is 9. The average molecular weight is 488 g/mol. The van der Waals surface area contributed by atoms with Crippen LogP contribution >= 0.6 is 23.1 Å². The van der Waals surface area contributed by atoms with E-state index in [0.29, 0.717) is 17.8 Å². The summed E-state index contributed by atoms with van der Waals surface area (Å²) in [6.45, 7) is 6.34. The van der Waals surface area contributed by atoms with Crippen LogP contribution in [0.15, 0.2) is 45.3 Å². The maximum Gasteiger partial charge on any atom is 0.269 e. The molecule has 2 heterocycles. The number of nitro benzene ring substituents is 1. The highest BCUT2D eigenvalue weighted by atomic mass is 32.2. The van der Waals surface area contributed by atoms with Crippen LogP contribution in [-0.2, 0) is 11.2 Å². The zero-order valence-electron chi connectivity index (χ0n) is 19.0. The number of rotatable bonds is 8. The molecule has 0 amide bonds. The molecular weight excluding hydrogens is 458 g/mol. The maximum absolute atomic E-state index is 10.8. The Morgan fingerprint density at radius 3 is 2.55 bits per heavy atom. The summed E-state index contributed by atoms with van der Waals surface area (Å²) < 4.78 is 7.00. The predicted molar refractivity (Wildman–Crippen MR) is 133 cm³/mol. The Bertz CT molecular complexity index is 1070. The molecule has 0 spiro atoms.